The predicted octanol–water partition coefficient (Wildman–Crippen LogP) is 13.0. The van der Waals surface area contributed by atoms with Gasteiger partial charge in [0.25, 0.3) is 0 Å². The second-order valence-electron chi connectivity index (χ2n) is 20.9. The van der Waals surface area contributed by atoms with Gasteiger partial charge in [0.1, 0.15) is 17.3 Å². The first-order chi connectivity index (χ1) is 34.6. The summed E-state index contributed by atoms with van der Waals surface area (Å²) in [5.74, 6) is 2.06. The minimum absolute atomic E-state index is 0.0180. The van der Waals surface area contributed by atoms with Crippen LogP contribution in [0.25, 0.3) is 0 Å². The van der Waals surface area contributed by atoms with Gasteiger partial charge in [0.15, 0.2) is 28.9 Å². The van der Waals surface area contributed by atoms with Crippen molar-refractivity contribution in [3.63, 3.8) is 0 Å². The SMILES string of the molecule is CC1=C(C)OC(CNC(=O)CSC2CC(C)(C)C(/C=C/C(C)=C/C=C/C(C)=C/C=C/C=C(C)/C=C/C=C(C)/C=C/C3=C(C)C(=O)C(SCC(=O)NCC4=C(C)C(=O)C(C)=C(C)C4=O)CC3(C)C)=C(C)C2=O)=C(C)O1. The molecule has 4 rings (SSSR count). The van der Waals surface area contributed by atoms with E-state index in [1.54, 1.807) is 27.7 Å². The third kappa shape index (κ3) is 16.8. The molecule has 0 aromatic carbocycles. The van der Waals surface area contributed by atoms with Gasteiger partial charge in [-0.15, -0.1) is 23.5 Å². The summed E-state index contributed by atoms with van der Waals surface area (Å²) in [5, 5.41) is 5.01. The Labute approximate surface area is 449 Å². The number of thioether (sulfide) groups is 2. The Morgan fingerprint density at radius 1 is 0.514 bits per heavy atom. The summed E-state index contributed by atoms with van der Waals surface area (Å²) < 4.78 is 11.5. The number of hydrogen-bond acceptors (Lipinski definition) is 10. The van der Waals surface area contributed by atoms with Crippen molar-refractivity contribution in [2.75, 3.05) is 24.6 Å². The van der Waals surface area contributed by atoms with Crippen LogP contribution in [0.3, 0.4) is 0 Å². The van der Waals surface area contributed by atoms with Gasteiger partial charge in [-0.25, -0.2) is 0 Å². The molecule has 0 spiro atoms. The van der Waals surface area contributed by atoms with Gasteiger partial charge in [-0.2, -0.15) is 0 Å². The van der Waals surface area contributed by atoms with Crippen LogP contribution in [0.15, 0.2) is 175 Å². The molecule has 2 atom stereocenters. The maximum absolute atomic E-state index is 13.5. The van der Waals surface area contributed by atoms with Crippen molar-refractivity contribution in [3.05, 3.63) is 175 Å². The number of carbonyl (C=O) groups is 6. The molecule has 0 aromatic rings. The Morgan fingerprint density at radius 2 is 0.905 bits per heavy atom. The maximum atomic E-state index is 13.5. The zero-order valence-electron chi connectivity index (χ0n) is 46.6. The largest absolute Gasteiger partial charge is 0.460 e. The van der Waals surface area contributed by atoms with Crippen molar-refractivity contribution in [2.45, 2.75) is 134 Å². The smallest absolute Gasteiger partial charge is 0.230 e. The normalized spacial score (nSPS) is 21.8. The summed E-state index contributed by atoms with van der Waals surface area (Å²) in [6.45, 7) is 31.0. The van der Waals surface area contributed by atoms with Crippen molar-refractivity contribution < 1.29 is 38.2 Å². The average Bonchev–Trinajstić information content (AvgIpc) is 3.33. The number of ether oxygens (including phenoxy) is 2. The molecule has 2 unspecified atom stereocenters. The van der Waals surface area contributed by atoms with E-state index in [1.165, 1.54) is 23.5 Å². The Kier molecular flexibility index (Phi) is 22.1. The number of allylic oxidation sites excluding steroid dienone is 28. The Hall–Kier alpha value is -5.98. The lowest BCUT2D eigenvalue weighted by molar-refractivity contribution is -0.119. The standard InChI is InChI=1S/C62H78N2O8S2/c1-37(23-19-25-39(3)27-29-50-44(8)59(69)53(31-61(50,13)14)73-35-55(65)63-33-49-43(7)57(67)41(5)42(6)58(49)68)21-17-18-22-38(2)24-20-26-40(4)28-30-51-45(9)60(70)54(32-62(51,15)16)74-36-56(66)64-34-52-48(12)71-46(10)47(11)72-52/h17-30,53-54H,31-36H2,1-16H3,(H,63,65)(H,64,66)/b18-17+,23-19+,24-20+,29-27+,30-28+,37-21+,38-22+,39-25+,40-26+. The molecule has 396 valence electrons. The highest BCUT2D eigenvalue weighted by molar-refractivity contribution is 8.01. The first-order valence-electron chi connectivity index (χ1n) is 25.2. The van der Waals surface area contributed by atoms with Crippen LogP contribution in [-0.4, -0.2) is 70.0 Å². The number of rotatable bonds is 20. The Balaban J connectivity index is 1.23. The molecule has 2 N–H and O–H groups in total. The van der Waals surface area contributed by atoms with Crippen LogP contribution >= 0.6 is 23.5 Å². The first-order valence-corrected chi connectivity index (χ1v) is 27.3. The van der Waals surface area contributed by atoms with Gasteiger partial charge in [-0.05, 0) is 129 Å². The third-order valence-corrected chi connectivity index (χ3v) is 16.2. The topological polar surface area (TPSA) is 145 Å². The van der Waals surface area contributed by atoms with Crippen LogP contribution in [0.1, 0.15) is 124 Å². The quantitative estimate of drug-likeness (QED) is 0.0893. The highest BCUT2D eigenvalue weighted by Gasteiger charge is 2.40. The number of nitrogens with one attached hydrogen (secondary N) is 2. The lowest BCUT2D eigenvalue weighted by Gasteiger charge is -2.36. The molecule has 10 nitrogen and oxygen atoms in total. The molecule has 74 heavy (non-hydrogen) atoms. The van der Waals surface area contributed by atoms with Crippen LogP contribution in [0.5, 0.6) is 0 Å². The summed E-state index contributed by atoms with van der Waals surface area (Å²) in [6.07, 6.45) is 29.7. The summed E-state index contributed by atoms with van der Waals surface area (Å²) >= 11 is 2.70. The number of ketones is 4. The van der Waals surface area contributed by atoms with Gasteiger partial charge in [-0.1, -0.05) is 135 Å². The van der Waals surface area contributed by atoms with Gasteiger partial charge in [0.05, 0.1) is 28.6 Å². The number of carbonyl (C=O) groups excluding carboxylic acids is 6. The molecule has 12 heteroatoms. The average molecular weight is 1040 g/mol. The molecule has 4 aliphatic rings. The second-order valence-corrected chi connectivity index (χ2v) is 23.2. The summed E-state index contributed by atoms with van der Waals surface area (Å²) in [6, 6.07) is 0. The minimum Gasteiger partial charge on any atom is -0.460 e. The van der Waals surface area contributed by atoms with Gasteiger partial charge >= 0.3 is 0 Å². The van der Waals surface area contributed by atoms with Gasteiger partial charge in [0, 0.05) is 28.8 Å². The number of amides is 2. The molecule has 0 saturated carbocycles. The minimum atomic E-state index is -0.367. The fraction of sp³-hybridized carbons (Fsp3) is 0.419. The van der Waals surface area contributed by atoms with Crippen LogP contribution in [0.2, 0.25) is 0 Å². The van der Waals surface area contributed by atoms with E-state index in [0.29, 0.717) is 63.7 Å². The van der Waals surface area contributed by atoms with E-state index >= 15 is 0 Å². The highest BCUT2D eigenvalue weighted by atomic mass is 32.2. The molecular formula is C62H78N2O8S2. The Bertz CT molecular complexity index is 2800. The van der Waals surface area contributed by atoms with Crippen LogP contribution in [0, 0.1) is 10.8 Å². The van der Waals surface area contributed by atoms with Crippen molar-refractivity contribution >= 4 is 58.5 Å². The van der Waals surface area contributed by atoms with Crippen molar-refractivity contribution in [3.8, 4) is 0 Å². The monoisotopic (exact) mass is 1040 g/mol. The van der Waals surface area contributed by atoms with Crippen molar-refractivity contribution in [2.24, 2.45) is 10.8 Å². The number of Topliss-reactive ketones (excluding diaryl/α,β-unsaturated/α-hetero) is 4. The molecule has 0 bridgehead atoms. The van der Waals surface area contributed by atoms with Crippen molar-refractivity contribution in [1.29, 1.82) is 0 Å². The lowest BCUT2D eigenvalue weighted by Crippen LogP contribution is -2.36. The van der Waals surface area contributed by atoms with E-state index in [1.807, 2.05) is 116 Å². The van der Waals surface area contributed by atoms with E-state index in [4.69, 9.17) is 9.47 Å². The van der Waals surface area contributed by atoms with Crippen molar-refractivity contribution in [1.82, 2.24) is 10.6 Å². The van der Waals surface area contributed by atoms with E-state index in [-0.39, 0.29) is 80.9 Å². The zero-order chi connectivity index (χ0) is 55.2. The second kappa shape index (κ2) is 27.0. The molecule has 0 fully saturated rings. The number of hydrogen-bond donors (Lipinski definition) is 2. The molecule has 1 heterocycles. The van der Waals surface area contributed by atoms with Crippen LogP contribution in [-0.2, 0) is 38.2 Å². The van der Waals surface area contributed by atoms with Gasteiger partial charge in [-0.3, -0.25) is 28.8 Å². The molecular weight excluding hydrogens is 965 g/mol. The van der Waals surface area contributed by atoms with E-state index in [9.17, 15) is 28.8 Å². The molecule has 0 saturated heterocycles. The van der Waals surface area contributed by atoms with E-state index in [2.05, 4.69) is 62.6 Å². The maximum Gasteiger partial charge on any atom is 0.230 e. The van der Waals surface area contributed by atoms with Crippen LogP contribution in [0.4, 0.5) is 0 Å². The van der Waals surface area contributed by atoms with Crippen LogP contribution < -0.4 is 10.6 Å². The van der Waals surface area contributed by atoms with E-state index in [0.717, 1.165) is 39.0 Å². The predicted molar refractivity (Wildman–Crippen MR) is 306 cm³/mol. The highest BCUT2D eigenvalue weighted by Crippen LogP contribution is 2.45. The zero-order valence-corrected chi connectivity index (χ0v) is 48.2. The van der Waals surface area contributed by atoms with Gasteiger partial charge < -0.3 is 20.1 Å². The summed E-state index contributed by atoms with van der Waals surface area (Å²) in [4.78, 5) is 77.8. The lowest BCUT2D eigenvalue weighted by atomic mass is 9.72. The van der Waals surface area contributed by atoms with Gasteiger partial charge in [0.2, 0.25) is 11.8 Å². The summed E-state index contributed by atoms with van der Waals surface area (Å²) in [7, 11) is 0. The molecule has 2 amide bonds. The fourth-order valence-electron chi connectivity index (χ4n) is 8.87. The first kappa shape index (κ1) is 60.6. The Morgan fingerprint density at radius 3 is 1.36 bits per heavy atom. The molecule has 0 aromatic heterocycles. The van der Waals surface area contributed by atoms with E-state index < -0.39 is 0 Å². The third-order valence-electron chi connectivity index (χ3n) is 13.8. The summed E-state index contributed by atoms with van der Waals surface area (Å²) in [5.41, 5.74) is 8.69. The molecule has 0 radical (unpaired) electrons. The fourth-order valence-corrected chi connectivity index (χ4v) is 11.5. The molecule has 1 aliphatic heterocycles. The molecule has 3 aliphatic carbocycles.